The van der Waals surface area contributed by atoms with Gasteiger partial charge in [0, 0.05) is 64.0 Å². The SMILES string of the molecule is c1ccc(-c2ccc3c4ccc5c6cccc7c6n(c5c4n(-c4nc(-c5ccccc5)nc(-c5cccc6sc8cccc(-c9ccccc9)c8c56)n4)c3c2)-c2ccccc2-c2ccccc2-7)cc1. The second-order valence-electron chi connectivity index (χ2n) is 17.9. The molecule has 5 heterocycles. The predicted octanol–water partition coefficient (Wildman–Crippen LogP) is 16.7. The van der Waals surface area contributed by atoms with Crippen molar-refractivity contribution in [2.75, 3.05) is 0 Å². The lowest BCUT2D eigenvalue weighted by molar-refractivity contribution is 0.954. The Morgan fingerprint density at radius 3 is 1.58 bits per heavy atom. The first-order valence-corrected chi connectivity index (χ1v) is 24.2. The largest absolute Gasteiger partial charge is 0.306 e. The van der Waals surface area contributed by atoms with E-state index in [1.807, 2.05) is 17.4 Å². The molecule has 4 aromatic heterocycles. The van der Waals surface area contributed by atoms with Gasteiger partial charge in [-0.15, -0.1) is 11.3 Å². The molecule has 15 rings (SSSR count). The van der Waals surface area contributed by atoms with E-state index < -0.39 is 0 Å². The Morgan fingerprint density at radius 1 is 0.304 bits per heavy atom. The standard InChI is InChI=1S/C63H37N5S/c1-4-17-38(18-5-1)41-33-34-46-49-35-36-50-48-28-14-27-47-44-24-11-10-23-43(44)45-25-12-13-30-52(45)67(58(47)48)59(50)60(49)68(53(46)37-41)63-65-61(40-21-8-3-9-22-40)64-62(66-63)51-29-16-32-55-57(51)56-42(26-15-31-54(56)69-55)39-19-6-2-7-20-39/h1-37H. The molecule has 0 unspecified atom stereocenters. The molecule has 10 aromatic carbocycles. The summed E-state index contributed by atoms with van der Waals surface area (Å²) >= 11 is 1.81. The Kier molecular flexibility index (Phi) is 8.17. The summed E-state index contributed by atoms with van der Waals surface area (Å²) in [6.07, 6.45) is 0. The zero-order valence-corrected chi connectivity index (χ0v) is 37.8. The van der Waals surface area contributed by atoms with Crippen LogP contribution in [0.3, 0.4) is 0 Å². The number of nitrogens with zero attached hydrogens (tertiary/aromatic N) is 5. The average molecular weight is 896 g/mol. The first-order valence-electron chi connectivity index (χ1n) is 23.4. The summed E-state index contributed by atoms with van der Waals surface area (Å²) in [5.41, 5.74) is 16.8. The molecule has 0 fully saturated rings. The molecule has 0 saturated carbocycles. The van der Waals surface area contributed by atoms with Gasteiger partial charge in [0.05, 0.1) is 27.8 Å². The topological polar surface area (TPSA) is 48.5 Å². The lowest BCUT2D eigenvalue weighted by Crippen LogP contribution is -2.07. The minimum atomic E-state index is 0.555. The third-order valence-corrected chi connectivity index (χ3v) is 15.3. The van der Waals surface area contributed by atoms with Crippen molar-refractivity contribution in [2.45, 2.75) is 0 Å². The summed E-state index contributed by atoms with van der Waals surface area (Å²) in [6.45, 7) is 0. The molecule has 5 nitrogen and oxygen atoms in total. The van der Waals surface area contributed by atoms with E-state index in [4.69, 9.17) is 15.0 Å². The van der Waals surface area contributed by atoms with Crippen molar-refractivity contribution in [3.8, 4) is 78.9 Å². The van der Waals surface area contributed by atoms with E-state index in [0.717, 1.165) is 60.6 Å². The van der Waals surface area contributed by atoms with E-state index in [9.17, 15) is 0 Å². The molecule has 0 spiro atoms. The molecule has 0 bridgehead atoms. The summed E-state index contributed by atoms with van der Waals surface area (Å²) in [4.78, 5) is 16.7. The fraction of sp³-hybridized carbons (Fsp3) is 0. The quantitative estimate of drug-likeness (QED) is 0.173. The molecule has 320 valence electrons. The van der Waals surface area contributed by atoms with Crippen LogP contribution >= 0.6 is 11.3 Å². The van der Waals surface area contributed by atoms with Gasteiger partial charge in [0.1, 0.15) is 0 Å². The molecule has 0 saturated heterocycles. The maximum atomic E-state index is 5.69. The number of para-hydroxylation sites is 2. The minimum Gasteiger partial charge on any atom is -0.306 e. The summed E-state index contributed by atoms with van der Waals surface area (Å²) in [5.74, 6) is 1.79. The molecule has 6 heteroatoms. The third kappa shape index (κ3) is 5.61. The van der Waals surface area contributed by atoms with Gasteiger partial charge in [-0.25, -0.2) is 4.98 Å². The molecule has 0 atom stereocenters. The Morgan fingerprint density at radius 2 is 0.826 bits per heavy atom. The number of hydrogen-bond acceptors (Lipinski definition) is 4. The van der Waals surface area contributed by atoms with Crippen LogP contribution in [-0.4, -0.2) is 24.1 Å². The fourth-order valence-corrected chi connectivity index (χ4v) is 12.3. The van der Waals surface area contributed by atoms with Crippen molar-refractivity contribution < 1.29 is 0 Å². The molecule has 0 radical (unpaired) electrons. The third-order valence-electron chi connectivity index (χ3n) is 14.1. The van der Waals surface area contributed by atoms with Gasteiger partial charge in [0.15, 0.2) is 11.6 Å². The highest BCUT2D eigenvalue weighted by Gasteiger charge is 2.29. The Labute approximate surface area is 400 Å². The highest BCUT2D eigenvalue weighted by molar-refractivity contribution is 7.26. The molecule has 14 aromatic rings. The van der Waals surface area contributed by atoms with Crippen LogP contribution in [0.15, 0.2) is 224 Å². The van der Waals surface area contributed by atoms with E-state index in [1.165, 1.54) is 64.5 Å². The molecule has 69 heavy (non-hydrogen) atoms. The fourth-order valence-electron chi connectivity index (χ4n) is 11.2. The maximum absolute atomic E-state index is 5.69. The lowest BCUT2D eigenvalue weighted by atomic mass is 9.94. The number of thiophene rings is 1. The highest BCUT2D eigenvalue weighted by Crippen LogP contribution is 2.50. The summed E-state index contributed by atoms with van der Waals surface area (Å²) in [5, 5.41) is 6.96. The van der Waals surface area contributed by atoms with Crippen molar-refractivity contribution in [1.29, 1.82) is 0 Å². The number of fused-ring (bicyclic) bond motifs is 15. The van der Waals surface area contributed by atoms with Gasteiger partial charge in [0.25, 0.3) is 0 Å². The zero-order chi connectivity index (χ0) is 45.2. The Balaban J connectivity index is 1.11. The predicted molar refractivity (Wildman–Crippen MR) is 288 cm³/mol. The molecule has 1 aliphatic heterocycles. The second kappa shape index (κ2) is 14.8. The smallest absolute Gasteiger partial charge is 0.238 e. The number of rotatable bonds is 5. The number of aromatic nitrogens is 5. The van der Waals surface area contributed by atoms with Crippen LogP contribution in [0, 0.1) is 0 Å². The van der Waals surface area contributed by atoms with Crippen molar-refractivity contribution in [2.24, 2.45) is 0 Å². The Bertz CT molecular complexity index is 4410. The van der Waals surface area contributed by atoms with Crippen LogP contribution in [0.2, 0.25) is 0 Å². The van der Waals surface area contributed by atoms with Crippen LogP contribution in [-0.2, 0) is 0 Å². The summed E-state index contributed by atoms with van der Waals surface area (Å²) < 4.78 is 7.27. The van der Waals surface area contributed by atoms with E-state index >= 15 is 0 Å². The van der Waals surface area contributed by atoms with Gasteiger partial charge in [0.2, 0.25) is 5.95 Å². The summed E-state index contributed by atoms with van der Waals surface area (Å²) in [6, 6.07) is 80.8. The first-order chi connectivity index (χ1) is 34.2. The van der Waals surface area contributed by atoms with Gasteiger partial charge in [-0.05, 0) is 57.6 Å². The lowest BCUT2D eigenvalue weighted by Gasteiger charge is -2.15. The van der Waals surface area contributed by atoms with Crippen molar-refractivity contribution in [1.82, 2.24) is 24.1 Å². The molecule has 1 aliphatic rings. The van der Waals surface area contributed by atoms with E-state index in [0.29, 0.717) is 17.6 Å². The molecule has 0 N–H and O–H groups in total. The van der Waals surface area contributed by atoms with E-state index in [-0.39, 0.29) is 0 Å². The molecular weight excluding hydrogens is 859 g/mol. The van der Waals surface area contributed by atoms with E-state index in [2.05, 4.69) is 228 Å². The summed E-state index contributed by atoms with van der Waals surface area (Å²) in [7, 11) is 0. The van der Waals surface area contributed by atoms with E-state index in [1.54, 1.807) is 0 Å². The monoisotopic (exact) mass is 895 g/mol. The van der Waals surface area contributed by atoms with Crippen molar-refractivity contribution in [3.63, 3.8) is 0 Å². The highest BCUT2D eigenvalue weighted by atomic mass is 32.1. The van der Waals surface area contributed by atoms with Gasteiger partial charge >= 0.3 is 0 Å². The van der Waals surface area contributed by atoms with Gasteiger partial charge < -0.3 is 4.57 Å². The van der Waals surface area contributed by atoms with Crippen molar-refractivity contribution in [3.05, 3.63) is 224 Å². The van der Waals surface area contributed by atoms with Crippen LogP contribution < -0.4 is 0 Å². The Hall–Kier alpha value is -8.97. The molecule has 0 amide bonds. The van der Waals surface area contributed by atoms with Crippen LogP contribution in [0.4, 0.5) is 0 Å². The van der Waals surface area contributed by atoms with Gasteiger partial charge in [-0.1, -0.05) is 200 Å². The first kappa shape index (κ1) is 38.2. The number of hydrogen-bond donors (Lipinski definition) is 0. The zero-order valence-electron chi connectivity index (χ0n) is 37.0. The second-order valence-corrected chi connectivity index (χ2v) is 18.9. The maximum Gasteiger partial charge on any atom is 0.238 e. The average Bonchev–Trinajstić information content (AvgIpc) is 4.06. The van der Waals surface area contributed by atoms with Gasteiger partial charge in [-0.3, -0.25) is 4.57 Å². The number of benzene rings is 10. The minimum absolute atomic E-state index is 0.555. The van der Waals surface area contributed by atoms with Crippen molar-refractivity contribution >= 4 is 75.1 Å². The molecule has 0 aliphatic carbocycles. The normalized spacial score (nSPS) is 12.1. The van der Waals surface area contributed by atoms with Crippen LogP contribution in [0.25, 0.3) is 143 Å². The van der Waals surface area contributed by atoms with Crippen LogP contribution in [0.1, 0.15) is 0 Å². The molecular formula is C63H37N5S. The van der Waals surface area contributed by atoms with Gasteiger partial charge in [-0.2, -0.15) is 9.97 Å². The van der Waals surface area contributed by atoms with Crippen LogP contribution in [0.5, 0.6) is 0 Å².